The van der Waals surface area contributed by atoms with Gasteiger partial charge in [-0.3, -0.25) is 0 Å². The van der Waals surface area contributed by atoms with Crippen LogP contribution in [0.25, 0.3) is 0 Å². The monoisotopic (exact) mass is 235 g/mol. The van der Waals surface area contributed by atoms with E-state index in [-0.39, 0.29) is 17.0 Å². The number of aromatic nitrogens is 1. The van der Waals surface area contributed by atoms with Crippen LogP contribution < -0.4 is 26.3 Å². The Kier molecular flexibility index (Phi) is 5.15. The Labute approximate surface area is 80.9 Å². The van der Waals surface area contributed by atoms with Crippen molar-refractivity contribution in [3.05, 3.63) is 23.5 Å². The van der Waals surface area contributed by atoms with Crippen LogP contribution in [-0.2, 0) is 6.54 Å². The summed E-state index contributed by atoms with van der Waals surface area (Å²) in [5.41, 5.74) is 2.00. The Balaban J connectivity index is 0.000001000. The maximum absolute atomic E-state index is 5.06. The largest absolute Gasteiger partial charge is 1.00 e. The molecule has 1 aromatic heterocycles. The fourth-order valence-corrected chi connectivity index (χ4v) is 1.46. The fourth-order valence-electron chi connectivity index (χ4n) is 0.719. The lowest BCUT2D eigenvalue weighted by atomic mass is 10.6. The predicted octanol–water partition coefficient (Wildman–Crippen LogP) is -1.77. The van der Waals surface area contributed by atoms with E-state index in [0.29, 0.717) is 0 Å². The summed E-state index contributed by atoms with van der Waals surface area (Å²) in [6, 6.07) is 0. The molecule has 0 atom stereocenters. The second-order valence-corrected chi connectivity index (χ2v) is 2.56. The summed E-state index contributed by atoms with van der Waals surface area (Å²) in [5, 5.41) is 1.96. The number of ether oxygens (including phenoxy) is 1. The van der Waals surface area contributed by atoms with Crippen LogP contribution in [-0.4, -0.2) is 7.11 Å². The van der Waals surface area contributed by atoms with E-state index >= 15 is 0 Å². The Morgan fingerprint density at radius 1 is 1.82 bits per heavy atom. The van der Waals surface area contributed by atoms with Crippen molar-refractivity contribution in [2.75, 3.05) is 7.11 Å². The van der Waals surface area contributed by atoms with E-state index in [1.54, 1.807) is 18.4 Å². The molecule has 0 saturated heterocycles. The lowest BCUT2D eigenvalue weighted by Crippen LogP contribution is -3.00. The average molecular weight is 236 g/mol. The molecule has 0 aliphatic carbocycles. The Hall–Kier alpha value is -0.350. The third-order valence-electron chi connectivity index (χ3n) is 1.17. The number of allylic oxidation sites excluding steroid dienone is 1. The van der Waals surface area contributed by atoms with Crippen LogP contribution in [0.15, 0.2) is 23.5 Å². The van der Waals surface area contributed by atoms with Crippen LogP contribution in [0, 0.1) is 0 Å². The van der Waals surface area contributed by atoms with Gasteiger partial charge in [0.25, 0.3) is 0 Å². The number of hydrogen-bond donors (Lipinski definition) is 0. The third kappa shape index (κ3) is 2.63. The van der Waals surface area contributed by atoms with Gasteiger partial charge in [-0.05, 0) is 6.08 Å². The van der Waals surface area contributed by atoms with Crippen LogP contribution in [0.1, 0.15) is 0 Å². The highest BCUT2D eigenvalue weighted by molar-refractivity contribution is 7.07. The molecule has 11 heavy (non-hydrogen) atoms. The zero-order chi connectivity index (χ0) is 7.40. The van der Waals surface area contributed by atoms with Gasteiger partial charge in [0.2, 0.25) is 5.51 Å². The van der Waals surface area contributed by atoms with Gasteiger partial charge < -0.3 is 21.7 Å². The molecule has 1 rings (SSSR count). The van der Waals surface area contributed by atoms with Gasteiger partial charge in [0.05, 0.1) is 7.11 Å². The van der Waals surface area contributed by atoms with Crippen molar-refractivity contribution >= 4 is 11.3 Å². The standard InChI is InChI=1S/C7H10NOS.BrH/c1-3-4-8-6-10-5-7(8)9-2;/h3,5-6H,1,4H2,2H3;1H/q+1;/p-1. The highest BCUT2D eigenvalue weighted by Crippen LogP contribution is 2.06. The normalized spacial score (nSPS) is 8.45. The molecule has 0 aliphatic heterocycles. The molecule has 0 fully saturated rings. The van der Waals surface area contributed by atoms with E-state index < -0.39 is 0 Å². The van der Waals surface area contributed by atoms with E-state index in [4.69, 9.17) is 4.74 Å². The minimum absolute atomic E-state index is 0. The second kappa shape index (κ2) is 5.32. The Morgan fingerprint density at radius 3 is 3.09 bits per heavy atom. The number of rotatable bonds is 3. The average Bonchev–Trinajstić information content (AvgIpc) is 2.36. The summed E-state index contributed by atoms with van der Waals surface area (Å²) in [6.45, 7) is 4.45. The molecule has 0 bridgehead atoms. The molecule has 4 heteroatoms. The van der Waals surface area contributed by atoms with E-state index in [9.17, 15) is 0 Å². The highest BCUT2D eigenvalue weighted by atomic mass is 79.9. The number of halogens is 1. The zero-order valence-electron chi connectivity index (χ0n) is 6.29. The molecule has 0 saturated carbocycles. The minimum atomic E-state index is 0. The molecule has 0 radical (unpaired) electrons. The van der Waals surface area contributed by atoms with Crippen molar-refractivity contribution in [2.24, 2.45) is 0 Å². The topological polar surface area (TPSA) is 13.1 Å². The van der Waals surface area contributed by atoms with Crippen LogP contribution in [0.3, 0.4) is 0 Å². The fraction of sp³-hybridized carbons (Fsp3) is 0.286. The maximum Gasteiger partial charge on any atom is 0.378 e. The molecule has 1 aromatic rings. The molecular formula is C7H10BrNOS. The smallest absolute Gasteiger partial charge is 0.378 e. The van der Waals surface area contributed by atoms with Gasteiger partial charge in [-0.25, -0.2) is 0 Å². The summed E-state index contributed by atoms with van der Waals surface area (Å²) in [4.78, 5) is 0. The first-order valence-corrected chi connectivity index (χ1v) is 3.93. The predicted molar refractivity (Wildman–Crippen MR) is 41.3 cm³/mol. The summed E-state index contributed by atoms with van der Waals surface area (Å²) in [5.74, 6) is 0.893. The van der Waals surface area contributed by atoms with Crippen molar-refractivity contribution in [1.29, 1.82) is 0 Å². The van der Waals surface area contributed by atoms with Crippen molar-refractivity contribution in [3.63, 3.8) is 0 Å². The highest BCUT2D eigenvalue weighted by Gasteiger charge is 2.08. The van der Waals surface area contributed by atoms with Gasteiger partial charge in [-0.15, -0.1) is 0 Å². The molecular weight excluding hydrogens is 226 g/mol. The van der Waals surface area contributed by atoms with Gasteiger partial charge in [0, 0.05) is 0 Å². The first-order chi connectivity index (χ1) is 4.88. The molecule has 62 valence electrons. The third-order valence-corrected chi connectivity index (χ3v) is 1.89. The number of methoxy groups -OCH3 is 1. The SMILES string of the molecule is C=CC[n+]1cscc1OC.[Br-]. The van der Waals surface area contributed by atoms with Gasteiger partial charge >= 0.3 is 5.88 Å². The number of thiazole rings is 1. The lowest BCUT2D eigenvalue weighted by Gasteiger charge is -1.90. The van der Waals surface area contributed by atoms with E-state index in [2.05, 4.69) is 6.58 Å². The molecule has 0 amide bonds. The number of nitrogens with zero attached hydrogens (tertiary/aromatic N) is 1. The van der Waals surface area contributed by atoms with Gasteiger partial charge in [-0.1, -0.05) is 17.9 Å². The van der Waals surface area contributed by atoms with E-state index in [1.807, 2.05) is 21.5 Å². The van der Waals surface area contributed by atoms with Gasteiger partial charge in [-0.2, -0.15) is 4.57 Å². The van der Waals surface area contributed by atoms with Crippen LogP contribution in [0.2, 0.25) is 0 Å². The van der Waals surface area contributed by atoms with E-state index in [1.165, 1.54) is 0 Å². The van der Waals surface area contributed by atoms with Gasteiger partial charge in [0.1, 0.15) is 5.38 Å². The van der Waals surface area contributed by atoms with E-state index in [0.717, 1.165) is 12.4 Å². The molecule has 0 aromatic carbocycles. The lowest BCUT2D eigenvalue weighted by molar-refractivity contribution is -0.686. The molecule has 0 unspecified atom stereocenters. The Morgan fingerprint density at radius 2 is 2.55 bits per heavy atom. The molecule has 0 aliphatic rings. The van der Waals surface area contributed by atoms with Crippen LogP contribution >= 0.6 is 11.3 Å². The summed E-state index contributed by atoms with van der Waals surface area (Å²) in [7, 11) is 1.67. The second-order valence-electron chi connectivity index (χ2n) is 1.84. The molecule has 0 spiro atoms. The van der Waals surface area contributed by atoms with Crippen LogP contribution in [0.5, 0.6) is 5.88 Å². The maximum atomic E-state index is 5.06. The molecule has 2 nitrogen and oxygen atoms in total. The Bertz CT molecular complexity index is 224. The van der Waals surface area contributed by atoms with Gasteiger partial charge in [0.15, 0.2) is 6.54 Å². The van der Waals surface area contributed by atoms with Crippen molar-refractivity contribution in [3.8, 4) is 5.88 Å². The minimum Gasteiger partial charge on any atom is -1.00 e. The first-order valence-electron chi connectivity index (χ1n) is 2.99. The van der Waals surface area contributed by atoms with Crippen molar-refractivity contribution in [2.45, 2.75) is 6.54 Å². The first kappa shape index (κ1) is 10.7. The van der Waals surface area contributed by atoms with Crippen molar-refractivity contribution < 1.29 is 26.3 Å². The number of hydrogen-bond acceptors (Lipinski definition) is 2. The quantitative estimate of drug-likeness (QED) is 0.447. The zero-order valence-corrected chi connectivity index (χ0v) is 8.69. The summed E-state index contributed by atoms with van der Waals surface area (Å²) in [6.07, 6.45) is 1.84. The van der Waals surface area contributed by atoms with Crippen molar-refractivity contribution in [1.82, 2.24) is 0 Å². The molecule has 1 heterocycles. The summed E-state index contributed by atoms with van der Waals surface area (Å²) >= 11 is 1.62. The molecule has 0 N–H and O–H groups in total. The van der Waals surface area contributed by atoms with Crippen LogP contribution in [0.4, 0.5) is 0 Å². The summed E-state index contributed by atoms with van der Waals surface area (Å²) < 4.78 is 7.06.